The molecule has 0 spiro atoms. The molecule has 0 radical (unpaired) electrons. The molecule has 0 saturated carbocycles. The number of imidazole rings is 1. The first kappa shape index (κ1) is 16.8. The molecule has 1 N–H and O–H groups in total. The van der Waals surface area contributed by atoms with Gasteiger partial charge in [-0.3, -0.25) is 0 Å². The first-order chi connectivity index (χ1) is 12.7. The summed E-state index contributed by atoms with van der Waals surface area (Å²) in [6, 6.07) is 11.0. The van der Waals surface area contributed by atoms with E-state index in [0.29, 0.717) is 23.8 Å². The molecule has 1 aliphatic rings. The number of aryl methyl sites for hydroxylation is 1. The van der Waals surface area contributed by atoms with Crippen molar-refractivity contribution in [1.29, 1.82) is 0 Å². The van der Waals surface area contributed by atoms with Crippen molar-refractivity contribution in [3.63, 3.8) is 0 Å². The Kier molecular flexibility index (Phi) is 4.51. The smallest absolute Gasteiger partial charge is 0.321 e. The zero-order chi connectivity index (χ0) is 18.1. The van der Waals surface area contributed by atoms with Crippen molar-refractivity contribution in [1.82, 2.24) is 19.4 Å². The van der Waals surface area contributed by atoms with Gasteiger partial charge < -0.3 is 14.8 Å². The zero-order valence-corrected chi connectivity index (χ0v) is 15.3. The molecule has 1 fully saturated rings. The van der Waals surface area contributed by atoms with E-state index in [4.69, 9.17) is 16.6 Å². The van der Waals surface area contributed by atoms with Crippen molar-refractivity contribution in [3.05, 3.63) is 53.4 Å². The third-order valence-corrected chi connectivity index (χ3v) is 5.00. The first-order valence-corrected chi connectivity index (χ1v) is 9.16. The second-order valence-electron chi connectivity index (χ2n) is 6.43. The summed E-state index contributed by atoms with van der Waals surface area (Å²) < 4.78 is 2.15. The number of fused-ring (bicyclic) bond motifs is 1. The van der Waals surface area contributed by atoms with Gasteiger partial charge in [0.1, 0.15) is 11.3 Å². The number of nitrogens with zero attached hydrogens (tertiary/aromatic N) is 4. The largest absolute Gasteiger partial charge is 0.324 e. The Morgan fingerprint density at radius 2 is 2.23 bits per heavy atom. The van der Waals surface area contributed by atoms with E-state index in [1.165, 1.54) is 0 Å². The van der Waals surface area contributed by atoms with E-state index < -0.39 is 0 Å². The number of carbonyl (C=O) groups is 1. The molecule has 1 aromatic carbocycles. The molecular formula is C19H20ClN5O. The second kappa shape index (κ2) is 6.96. The molecule has 0 bridgehead atoms. The lowest BCUT2D eigenvalue weighted by Gasteiger charge is -2.18. The van der Waals surface area contributed by atoms with Gasteiger partial charge in [-0.1, -0.05) is 17.7 Å². The minimum atomic E-state index is -0.105. The molecule has 0 aliphatic carbocycles. The number of rotatable bonds is 3. The van der Waals surface area contributed by atoms with E-state index in [2.05, 4.69) is 21.8 Å². The summed E-state index contributed by atoms with van der Waals surface area (Å²) in [5.74, 6) is 1.23. The number of urea groups is 1. The van der Waals surface area contributed by atoms with Crippen molar-refractivity contribution in [3.8, 4) is 0 Å². The van der Waals surface area contributed by atoms with Crippen LogP contribution in [0.3, 0.4) is 0 Å². The Labute approximate surface area is 156 Å². The third-order valence-electron chi connectivity index (χ3n) is 4.77. The van der Waals surface area contributed by atoms with E-state index >= 15 is 0 Å². The van der Waals surface area contributed by atoms with E-state index in [-0.39, 0.29) is 11.9 Å². The van der Waals surface area contributed by atoms with Gasteiger partial charge >= 0.3 is 6.03 Å². The molecule has 1 aliphatic heterocycles. The number of halogens is 1. The maximum absolute atomic E-state index is 12.6. The quantitative estimate of drug-likeness (QED) is 0.755. The van der Waals surface area contributed by atoms with Crippen molar-refractivity contribution in [2.75, 3.05) is 18.4 Å². The van der Waals surface area contributed by atoms with Gasteiger partial charge in [0.05, 0.1) is 0 Å². The van der Waals surface area contributed by atoms with Crippen LogP contribution in [-0.4, -0.2) is 38.6 Å². The monoisotopic (exact) mass is 369 g/mol. The Hall–Kier alpha value is -2.60. The summed E-state index contributed by atoms with van der Waals surface area (Å²) in [5, 5.41) is 3.52. The molecule has 1 atom stereocenters. The van der Waals surface area contributed by atoms with E-state index in [1.807, 2.05) is 29.2 Å². The fourth-order valence-corrected chi connectivity index (χ4v) is 3.71. The van der Waals surface area contributed by atoms with E-state index in [1.54, 1.807) is 18.3 Å². The molecule has 3 heterocycles. The van der Waals surface area contributed by atoms with E-state index in [9.17, 15) is 4.79 Å². The number of benzene rings is 1. The van der Waals surface area contributed by atoms with Crippen LogP contribution in [0.1, 0.15) is 25.1 Å². The summed E-state index contributed by atoms with van der Waals surface area (Å²) in [7, 11) is 0. The minimum absolute atomic E-state index is 0.105. The van der Waals surface area contributed by atoms with Gasteiger partial charge in [-0.25, -0.2) is 14.8 Å². The molecular weight excluding hydrogens is 350 g/mol. The van der Waals surface area contributed by atoms with Gasteiger partial charge in [-0.15, -0.1) is 0 Å². The van der Waals surface area contributed by atoms with Gasteiger partial charge in [0.25, 0.3) is 0 Å². The number of amides is 2. The lowest BCUT2D eigenvalue weighted by atomic mass is 10.1. The standard InChI is InChI=1S/C19H20ClN5O/c1-2-25-17(23-16-7-4-9-21-18(16)25)13-8-10-24(12-13)19(26)22-15-6-3-5-14(20)11-15/h3-7,9,11,13H,2,8,10,12H2,1H3,(H,22,26)/t13-/m0/s1. The molecule has 4 rings (SSSR count). The van der Waals surface area contributed by atoms with E-state index in [0.717, 1.165) is 30.0 Å². The predicted molar refractivity (Wildman–Crippen MR) is 103 cm³/mol. The van der Waals surface area contributed by atoms with Crippen molar-refractivity contribution in [2.45, 2.75) is 25.8 Å². The summed E-state index contributed by atoms with van der Waals surface area (Å²) in [6.07, 6.45) is 2.69. The highest BCUT2D eigenvalue weighted by Gasteiger charge is 2.31. The van der Waals surface area contributed by atoms with Crippen LogP contribution in [0.4, 0.5) is 10.5 Å². The first-order valence-electron chi connectivity index (χ1n) is 8.78. The predicted octanol–water partition coefficient (Wildman–Crippen LogP) is 4.13. The SMILES string of the molecule is CCn1c([C@H]2CCN(C(=O)Nc3cccc(Cl)c3)C2)nc2cccnc21. The summed E-state index contributed by atoms with van der Waals surface area (Å²) in [5.41, 5.74) is 2.52. The van der Waals surface area contributed by atoms with Crippen LogP contribution in [0.2, 0.25) is 5.02 Å². The fraction of sp³-hybridized carbons (Fsp3) is 0.316. The molecule has 2 aromatic heterocycles. The highest BCUT2D eigenvalue weighted by molar-refractivity contribution is 6.30. The lowest BCUT2D eigenvalue weighted by molar-refractivity contribution is 0.222. The van der Waals surface area contributed by atoms with Crippen molar-refractivity contribution >= 4 is 34.5 Å². The molecule has 134 valence electrons. The van der Waals surface area contributed by atoms with Gasteiger partial charge in [-0.05, 0) is 43.7 Å². The van der Waals surface area contributed by atoms with Crippen molar-refractivity contribution < 1.29 is 4.79 Å². The third kappa shape index (κ3) is 3.12. The Morgan fingerprint density at radius 3 is 3.04 bits per heavy atom. The minimum Gasteiger partial charge on any atom is -0.324 e. The van der Waals surface area contributed by atoms with Crippen LogP contribution in [0.25, 0.3) is 11.2 Å². The Bertz CT molecular complexity index is 954. The van der Waals surface area contributed by atoms with Crippen molar-refractivity contribution in [2.24, 2.45) is 0 Å². The molecule has 2 amide bonds. The van der Waals surface area contributed by atoms with Crippen LogP contribution >= 0.6 is 11.6 Å². The molecule has 7 heteroatoms. The number of anilines is 1. The zero-order valence-electron chi connectivity index (χ0n) is 14.5. The van der Waals surface area contributed by atoms with Gasteiger partial charge in [0.15, 0.2) is 5.65 Å². The highest BCUT2D eigenvalue weighted by Crippen LogP contribution is 2.29. The number of nitrogens with one attached hydrogen (secondary N) is 1. The lowest BCUT2D eigenvalue weighted by Crippen LogP contribution is -2.33. The van der Waals surface area contributed by atoms with Gasteiger partial charge in [0, 0.05) is 42.5 Å². The average molecular weight is 370 g/mol. The van der Waals surface area contributed by atoms with Gasteiger partial charge in [0.2, 0.25) is 0 Å². The normalized spacial score (nSPS) is 17.0. The van der Waals surface area contributed by atoms with Gasteiger partial charge in [-0.2, -0.15) is 0 Å². The Morgan fingerprint density at radius 1 is 1.35 bits per heavy atom. The molecule has 3 aromatic rings. The highest BCUT2D eigenvalue weighted by atomic mass is 35.5. The van der Waals surface area contributed by atoms with Crippen LogP contribution in [0.5, 0.6) is 0 Å². The topological polar surface area (TPSA) is 63.1 Å². The number of carbonyl (C=O) groups excluding carboxylic acids is 1. The molecule has 26 heavy (non-hydrogen) atoms. The average Bonchev–Trinajstić information content (AvgIpc) is 3.26. The Balaban J connectivity index is 1.51. The maximum Gasteiger partial charge on any atom is 0.321 e. The van der Waals surface area contributed by atoms with Crippen LogP contribution in [0.15, 0.2) is 42.6 Å². The fourth-order valence-electron chi connectivity index (χ4n) is 3.52. The number of hydrogen-bond acceptors (Lipinski definition) is 3. The number of aromatic nitrogens is 3. The molecule has 6 nitrogen and oxygen atoms in total. The second-order valence-corrected chi connectivity index (χ2v) is 6.87. The summed E-state index contributed by atoms with van der Waals surface area (Å²) in [6.45, 7) is 4.26. The number of likely N-dealkylation sites (tertiary alicyclic amines) is 1. The van der Waals surface area contributed by atoms with Crippen LogP contribution in [0, 0.1) is 0 Å². The molecule has 0 unspecified atom stereocenters. The van der Waals surface area contributed by atoms with Crippen LogP contribution < -0.4 is 5.32 Å². The number of pyridine rings is 1. The summed E-state index contributed by atoms with van der Waals surface area (Å²) in [4.78, 5) is 23.6. The van der Waals surface area contributed by atoms with Crippen LogP contribution in [-0.2, 0) is 6.54 Å². The summed E-state index contributed by atoms with van der Waals surface area (Å²) >= 11 is 5.98. The number of hydrogen-bond donors (Lipinski definition) is 1. The maximum atomic E-state index is 12.6. The molecule has 1 saturated heterocycles.